The second-order valence-electron chi connectivity index (χ2n) is 4.65. The maximum Gasteiger partial charge on any atom is 0.335 e. The number of β-amino-alcohol motifs (C(OH)–C–C–N with tert-alkyl or cyclic N) is 1. The van der Waals surface area contributed by atoms with Gasteiger partial charge < -0.3 is 15.1 Å². The van der Waals surface area contributed by atoms with Crippen LogP contribution in [0.3, 0.4) is 0 Å². The first-order valence-electron chi connectivity index (χ1n) is 6.33. The fraction of sp³-hybridized carbons (Fsp3) is 0.462. The zero-order valence-corrected chi connectivity index (χ0v) is 10.9. The summed E-state index contributed by atoms with van der Waals surface area (Å²) in [6, 6.07) is 1.67. The van der Waals surface area contributed by atoms with Crippen molar-refractivity contribution in [3.63, 3.8) is 0 Å². The Kier molecular flexibility index (Phi) is 4.51. The summed E-state index contributed by atoms with van der Waals surface area (Å²) in [6.07, 6.45) is 0. The minimum atomic E-state index is -1.36. The van der Waals surface area contributed by atoms with Crippen LogP contribution in [-0.4, -0.2) is 60.4 Å². The van der Waals surface area contributed by atoms with Gasteiger partial charge in [-0.15, -0.1) is 0 Å². The van der Waals surface area contributed by atoms with E-state index in [0.29, 0.717) is 32.7 Å². The van der Waals surface area contributed by atoms with Crippen LogP contribution < -0.4 is 4.90 Å². The first kappa shape index (κ1) is 14.7. The van der Waals surface area contributed by atoms with E-state index in [9.17, 15) is 13.6 Å². The molecule has 0 saturated carbocycles. The number of anilines is 1. The number of carbonyl (C=O) groups is 1. The van der Waals surface area contributed by atoms with Crippen molar-refractivity contribution < 1.29 is 23.8 Å². The zero-order chi connectivity index (χ0) is 14.7. The number of benzene rings is 1. The average Bonchev–Trinajstić information content (AvgIpc) is 2.40. The lowest BCUT2D eigenvalue weighted by molar-refractivity contribution is 0.0695. The van der Waals surface area contributed by atoms with Gasteiger partial charge in [0.15, 0.2) is 0 Å². The summed E-state index contributed by atoms with van der Waals surface area (Å²) in [5, 5.41) is 17.6. The number of hydrogen-bond donors (Lipinski definition) is 2. The topological polar surface area (TPSA) is 64.0 Å². The molecule has 7 heteroatoms. The summed E-state index contributed by atoms with van der Waals surface area (Å²) in [4.78, 5) is 14.3. The highest BCUT2D eigenvalue weighted by molar-refractivity contribution is 5.88. The molecule has 0 aromatic heterocycles. The fourth-order valence-electron chi connectivity index (χ4n) is 2.33. The molecule has 0 unspecified atom stereocenters. The molecule has 0 atom stereocenters. The molecule has 0 aliphatic carbocycles. The number of halogens is 2. The number of carboxylic acid groups (broad SMARTS) is 1. The Morgan fingerprint density at radius 2 is 1.70 bits per heavy atom. The van der Waals surface area contributed by atoms with Gasteiger partial charge in [0, 0.05) is 32.7 Å². The standard InChI is InChI=1S/C13H16F2N2O3/c14-10-7-9(13(19)20)8-11(15)12(10)17-3-1-16(2-4-17)5-6-18/h7-8,18H,1-6H2,(H,19,20). The lowest BCUT2D eigenvalue weighted by atomic mass is 10.1. The number of piperazine rings is 1. The van der Waals surface area contributed by atoms with E-state index in [2.05, 4.69) is 0 Å². The molecular weight excluding hydrogens is 270 g/mol. The monoisotopic (exact) mass is 286 g/mol. The van der Waals surface area contributed by atoms with E-state index >= 15 is 0 Å². The van der Waals surface area contributed by atoms with Crippen molar-refractivity contribution in [1.82, 2.24) is 4.90 Å². The molecule has 1 saturated heterocycles. The van der Waals surface area contributed by atoms with Crippen molar-refractivity contribution in [3.8, 4) is 0 Å². The Bertz CT molecular complexity index is 479. The van der Waals surface area contributed by atoms with Crippen LogP contribution in [0.5, 0.6) is 0 Å². The first-order chi connectivity index (χ1) is 9.52. The zero-order valence-electron chi connectivity index (χ0n) is 10.9. The van der Waals surface area contributed by atoms with Crippen LogP contribution in [0.2, 0.25) is 0 Å². The summed E-state index contributed by atoms with van der Waals surface area (Å²) >= 11 is 0. The quantitative estimate of drug-likeness (QED) is 0.856. The van der Waals surface area contributed by atoms with Crippen LogP contribution >= 0.6 is 0 Å². The normalized spacial score (nSPS) is 16.4. The molecule has 2 rings (SSSR count). The molecule has 0 spiro atoms. The lowest BCUT2D eigenvalue weighted by Crippen LogP contribution is -2.47. The molecule has 1 aromatic rings. The Balaban J connectivity index is 2.16. The van der Waals surface area contributed by atoms with Crippen LogP contribution in [0.25, 0.3) is 0 Å². The van der Waals surface area contributed by atoms with E-state index in [-0.39, 0.29) is 12.3 Å². The summed E-state index contributed by atoms with van der Waals surface area (Å²) in [5.41, 5.74) is -0.582. The molecule has 2 N–H and O–H groups in total. The average molecular weight is 286 g/mol. The SMILES string of the molecule is O=C(O)c1cc(F)c(N2CCN(CCO)CC2)c(F)c1. The predicted octanol–water partition coefficient (Wildman–Crippen LogP) is 0.777. The van der Waals surface area contributed by atoms with E-state index < -0.39 is 23.2 Å². The first-order valence-corrected chi connectivity index (χ1v) is 6.33. The van der Waals surface area contributed by atoms with E-state index in [0.717, 1.165) is 12.1 Å². The van der Waals surface area contributed by atoms with Gasteiger partial charge in [0.05, 0.1) is 12.2 Å². The summed E-state index contributed by atoms with van der Waals surface area (Å²) in [5.74, 6) is -3.09. The maximum absolute atomic E-state index is 13.9. The van der Waals surface area contributed by atoms with Crippen molar-refractivity contribution in [3.05, 3.63) is 29.3 Å². The van der Waals surface area contributed by atoms with Gasteiger partial charge >= 0.3 is 5.97 Å². The smallest absolute Gasteiger partial charge is 0.335 e. The van der Waals surface area contributed by atoms with E-state index in [1.165, 1.54) is 0 Å². The molecule has 0 bridgehead atoms. The van der Waals surface area contributed by atoms with E-state index in [4.69, 9.17) is 10.2 Å². The summed E-state index contributed by atoms with van der Waals surface area (Å²) < 4.78 is 27.8. The predicted molar refractivity (Wildman–Crippen MR) is 69.1 cm³/mol. The minimum Gasteiger partial charge on any atom is -0.478 e. The van der Waals surface area contributed by atoms with Crippen LogP contribution in [0.4, 0.5) is 14.5 Å². The van der Waals surface area contributed by atoms with Gasteiger partial charge in [-0.1, -0.05) is 0 Å². The van der Waals surface area contributed by atoms with Gasteiger partial charge in [-0.05, 0) is 12.1 Å². The fourth-order valence-corrected chi connectivity index (χ4v) is 2.33. The molecule has 1 aromatic carbocycles. The third-order valence-electron chi connectivity index (χ3n) is 3.37. The van der Waals surface area contributed by atoms with Gasteiger partial charge in [-0.25, -0.2) is 13.6 Å². The molecule has 0 radical (unpaired) electrons. The highest BCUT2D eigenvalue weighted by Crippen LogP contribution is 2.26. The van der Waals surface area contributed by atoms with Crippen molar-refractivity contribution >= 4 is 11.7 Å². The van der Waals surface area contributed by atoms with Crippen molar-refractivity contribution in [2.45, 2.75) is 0 Å². The van der Waals surface area contributed by atoms with Gasteiger partial charge in [0.2, 0.25) is 0 Å². The molecule has 5 nitrogen and oxygen atoms in total. The number of aromatic carboxylic acids is 1. The second kappa shape index (κ2) is 6.15. The van der Waals surface area contributed by atoms with Crippen LogP contribution in [0.15, 0.2) is 12.1 Å². The van der Waals surface area contributed by atoms with Crippen molar-refractivity contribution in [2.75, 3.05) is 44.2 Å². The van der Waals surface area contributed by atoms with Crippen LogP contribution in [0, 0.1) is 11.6 Å². The summed E-state index contributed by atoms with van der Waals surface area (Å²) in [7, 11) is 0. The third-order valence-corrected chi connectivity index (χ3v) is 3.37. The number of rotatable bonds is 4. The third kappa shape index (κ3) is 3.05. The number of carboxylic acids is 1. The Hall–Kier alpha value is -1.73. The molecule has 110 valence electrons. The number of aliphatic hydroxyl groups is 1. The van der Waals surface area contributed by atoms with E-state index in [1.807, 2.05) is 4.90 Å². The van der Waals surface area contributed by atoms with E-state index in [1.54, 1.807) is 4.90 Å². The molecule has 20 heavy (non-hydrogen) atoms. The van der Waals surface area contributed by atoms with Crippen LogP contribution in [-0.2, 0) is 0 Å². The minimum absolute atomic E-state index is 0.0516. The molecule has 1 heterocycles. The second-order valence-corrected chi connectivity index (χ2v) is 4.65. The van der Waals surface area contributed by atoms with Gasteiger partial charge in [-0.2, -0.15) is 0 Å². The van der Waals surface area contributed by atoms with Gasteiger partial charge in [0.1, 0.15) is 17.3 Å². The van der Waals surface area contributed by atoms with Gasteiger partial charge in [0.25, 0.3) is 0 Å². The maximum atomic E-state index is 13.9. The molecular formula is C13H16F2N2O3. The largest absolute Gasteiger partial charge is 0.478 e. The Morgan fingerprint density at radius 1 is 1.15 bits per heavy atom. The molecule has 0 amide bonds. The van der Waals surface area contributed by atoms with Crippen LogP contribution in [0.1, 0.15) is 10.4 Å². The lowest BCUT2D eigenvalue weighted by Gasteiger charge is -2.36. The summed E-state index contributed by atoms with van der Waals surface area (Å²) in [6.45, 7) is 2.65. The molecule has 1 aliphatic heterocycles. The molecule has 1 fully saturated rings. The van der Waals surface area contributed by atoms with Gasteiger partial charge in [-0.3, -0.25) is 4.90 Å². The Labute approximate surface area is 115 Å². The number of nitrogens with zero attached hydrogens (tertiary/aromatic N) is 2. The molecule has 1 aliphatic rings. The number of hydrogen-bond acceptors (Lipinski definition) is 4. The number of aliphatic hydroxyl groups excluding tert-OH is 1. The van der Waals surface area contributed by atoms with Crippen molar-refractivity contribution in [2.24, 2.45) is 0 Å². The Morgan fingerprint density at radius 3 is 2.15 bits per heavy atom. The highest BCUT2D eigenvalue weighted by Gasteiger charge is 2.23. The van der Waals surface area contributed by atoms with Crippen molar-refractivity contribution in [1.29, 1.82) is 0 Å². The highest BCUT2D eigenvalue weighted by atomic mass is 19.1.